The lowest BCUT2D eigenvalue weighted by Crippen LogP contribution is -2.07. The van der Waals surface area contributed by atoms with Crippen LogP contribution in [0.2, 0.25) is 0 Å². The van der Waals surface area contributed by atoms with Crippen LogP contribution in [0, 0.1) is 13.8 Å². The second-order valence-electron chi connectivity index (χ2n) is 6.81. The zero-order valence-electron chi connectivity index (χ0n) is 16.9. The first-order valence-electron chi connectivity index (χ1n) is 9.46. The van der Waals surface area contributed by atoms with Crippen molar-refractivity contribution in [2.24, 2.45) is 0 Å². The molecular weight excluding hydrogens is 362 g/mol. The molecule has 0 radical (unpaired) electrons. The van der Waals surface area contributed by atoms with Gasteiger partial charge in [0.2, 0.25) is 5.91 Å². The van der Waals surface area contributed by atoms with Crippen LogP contribution < -0.4 is 14.8 Å². The molecule has 3 rings (SSSR count). The van der Waals surface area contributed by atoms with Crippen LogP contribution in [0.1, 0.15) is 22.3 Å². The fourth-order valence-electron chi connectivity index (χ4n) is 2.83. The van der Waals surface area contributed by atoms with Crippen LogP contribution in [0.15, 0.2) is 72.8 Å². The van der Waals surface area contributed by atoms with E-state index in [1.165, 1.54) is 11.6 Å². The van der Waals surface area contributed by atoms with E-state index in [1.807, 2.05) is 67.6 Å². The Labute approximate surface area is 171 Å². The van der Waals surface area contributed by atoms with E-state index in [2.05, 4.69) is 18.3 Å². The number of carbonyl (C=O) groups is 1. The molecule has 4 heteroatoms. The minimum absolute atomic E-state index is 0.187. The van der Waals surface area contributed by atoms with Crippen molar-refractivity contribution in [1.82, 2.24) is 0 Å². The number of carbonyl (C=O) groups excluding carboxylic acids is 1. The molecule has 0 bridgehead atoms. The number of nitrogens with one attached hydrogen (secondary N) is 1. The first kappa shape index (κ1) is 20.2. The Morgan fingerprint density at radius 3 is 2.45 bits per heavy atom. The van der Waals surface area contributed by atoms with Crippen molar-refractivity contribution in [1.29, 1.82) is 0 Å². The largest absolute Gasteiger partial charge is 0.493 e. The standard InChI is InChI=1S/C25H25NO3/c1-18-8-12-22(13-9-18)26-25(27)15-11-20-10-14-23(24(16-20)28-3)29-17-21-7-5-4-6-19(21)2/h4-16H,17H2,1-3H3,(H,26,27). The summed E-state index contributed by atoms with van der Waals surface area (Å²) in [5, 5.41) is 2.84. The van der Waals surface area contributed by atoms with Gasteiger partial charge in [0.15, 0.2) is 11.5 Å². The van der Waals surface area contributed by atoms with Crippen molar-refractivity contribution < 1.29 is 14.3 Å². The first-order valence-corrected chi connectivity index (χ1v) is 9.46. The Kier molecular flexibility index (Phi) is 6.69. The smallest absolute Gasteiger partial charge is 0.248 e. The number of amides is 1. The highest BCUT2D eigenvalue weighted by molar-refractivity contribution is 6.01. The monoisotopic (exact) mass is 387 g/mol. The molecule has 148 valence electrons. The van der Waals surface area contributed by atoms with Gasteiger partial charge in [-0.2, -0.15) is 0 Å². The van der Waals surface area contributed by atoms with Gasteiger partial charge in [0.1, 0.15) is 6.61 Å². The fraction of sp³-hybridized carbons (Fsp3) is 0.160. The lowest BCUT2D eigenvalue weighted by Gasteiger charge is -2.12. The van der Waals surface area contributed by atoms with Gasteiger partial charge in [-0.15, -0.1) is 0 Å². The number of methoxy groups -OCH3 is 1. The molecule has 0 atom stereocenters. The summed E-state index contributed by atoms with van der Waals surface area (Å²) in [6.07, 6.45) is 3.25. The number of hydrogen-bond acceptors (Lipinski definition) is 3. The molecule has 0 saturated heterocycles. The normalized spacial score (nSPS) is 10.7. The van der Waals surface area contributed by atoms with Crippen LogP contribution >= 0.6 is 0 Å². The first-order chi connectivity index (χ1) is 14.0. The van der Waals surface area contributed by atoms with Gasteiger partial charge in [-0.3, -0.25) is 4.79 Å². The predicted molar refractivity (Wildman–Crippen MR) is 117 cm³/mol. The van der Waals surface area contributed by atoms with E-state index < -0.39 is 0 Å². The van der Waals surface area contributed by atoms with Crippen LogP contribution in [-0.2, 0) is 11.4 Å². The van der Waals surface area contributed by atoms with Gasteiger partial charge in [-0.1, -0.05) is 48.0 Å². The van der Waals surface area contributed by atoms with E-state index in [0.717, 1.165) is 22.4 Å². The summed E-state index contributed by atoms with van der Waals surface area (Å²) >= 11 is 0. The zero-order chi connectivity index (χ0) is 20.6. The SMILES string of the molecule is COc1cc(C=CC(=O)Nc2ccc(C)cc2)ccc1OCc1ccccc1C. The van der Waals surface area contributed by atoms with E-state index in [9.17, 15) is 4.79 Å². The van der Waals surface area contributed by atoms with Gasteiger partial charge in [-0.25, -0.2) is 0 Å². The average Bonchev–Trinajstić information content (AvgIpc) is 2.73. The van der Waals surface area contributed by atoms with E-state index in [4.69, 9.17) is 9.47 Å². The maximum Gasteiger partial charge on any atom is 0.248 e. The van der Waals surface area contributed by atoms with Crippen molar-refractivity contribution in [3.8, 4) is 11.5 Å². The molecule has 1 amide bonds. The second kappa shape index (κ2) is 9.60. The topological polar surface area (TPSA) is 47.6 Å². The van der Waals surface area contributed by atoms with E-state index in [1.54, 1.807) is 13.2 Å². The lowest BCUT2D eigenvalue weighted by atomic mass is 10.1. The van der Waals surface area contributed by atoms with Gasteiger partial charge in [0, 0.05) is 11.8 Å². The number of anilines is 1. The van der Waals surface area contributed by atoms with Crippen molar-refractivity contribution in [3.63, 3.8) is 0 Å². The molecule has 3 aromatic rings. The molecule has 0 unspecified atom stereocenters. The Morgan fingerprint density at radius 2 is 1.72 bits per heavy atom. The van der Waals surface area contributed by atoms with Crippen molar-refractivity contribution >= 4 is 17.7 Å². The van der Waals surface area contributed by atoms with Gasteiger partial charge >= 0.3 is 0 Å². The van der Waals surface area contributed by atoms with Gasteiger partial charge in [0.25, 0.3) is 0 Å². The number of benzene rings is 3. The summed E-state index contributed by atoms with van der Waals surface area (Å²) in [6.45, 7) is 4.54. The molecule has 0 aliphatic rings. The van der Waals surface area contributed by atoms with Crippen LogP contribution in [0.4, 0.5) is 5.69 Å². The lowest BCUT2D eigenvalue weighted by molar-refractivity contribution is -0.111. The molecule has 29 heavy (non-hydrogen) atoms. The summed E-state index contributed by atoms with van der Waals surface area (Å²) < 4.78 is 11.4. The van der Waals surface area contributed by atoms with Crippen LogP contribution in [0.5, 0.6) is 11.5 Å². The molecule has 0 saturated carbocycles. The quantitative estimate of drug-likeness (QED) is 0.541. The van der Waals surface area contributed by atoms with Crippen LogP contribution in [-0.4, -0.2) is 13.0 Å². The molecule has 4 nitrogen and oxygen atoms in total. The summed E-state index contributed by atoms with van der Waals surface area (Å²) in [5.41, 5.74) is 5.08. The molecule has 3 aromatic carbocycles. The van der Waals surface area contributed by atoms with Crippen LogP contribution in [0.3, 0.4) is 0 Å². The summed E-state index contributed by atoms with van der Waals surface area (Å²) in [6, 6.07) is 21.4. The zero-order valence-corrected chi connectivity index (χ0v) is 16.9. The van der Waals surface area contributed by atoms with Crippen molar-refractivity contribution in [3.05, 3.63) is 95.1 Å². The third kappa shape index (κ3) is 5.72. The van der Waals surface area contributed by atoms with E-state index in [0.29, 0.717) is 18.1 Å². The fourth-order valence-corrected chi connectivity index (χ4v) is 2.83. The van der Waals surface area contributed by atoms with Gasteiger partial charge < -0.3 is 14.8 Å². The third-order valence-corrected chi connectivity index (χ3v) is 4.58. The minimum atomic E-state index is -0.187. The number of ether oxygens (including phenoxy) is 2. The summed E-state index contributed by atoms with van der Waals surface area (Å²) in [5.74, 6) is 1.10. The van der Waals surface area contributed by atoms with Crippen molar-refractivity contribution in [2.75, 3.05) is 12.4 Å². The molecule has 0 fully saturated rings. The molecule has 0 aliphatic heterocycles. The number of hydrogen-bond donors (Lipinski definition) is 1. The Bertz CT molecular complexity index is 1010. The molecule has 1 N–H and O–H groups in total. The number of aryl methyl sites for hydroxylation is 2. The second-order valence-corrected chi connectivity index (χ2v) is 6.81. The summed E-state index contributed by atoms with van der Waals surface area (Å²) in [4.78, 5) is 12.1. The van der Waals surface area contributed by atoms with Gasteiger partial charge in [-0.05, 0) is 60.9 Å². The van der Waals surface area contributed by atoms with Crippen LogP contribution in [0.25, 0.3) is 6.08 Å². The third-order valence-electron chi connectivity index (χ3n) is 4.58. The molecular formula is C25H25NO3. The Balaban J connectivity index is 1.64. The van der Waals surface area contributed by atoms with Crippen molar-refractivity contribution in [2.45, 2.75) is 20.5 Å². The molecule has 0 aliphatic carbocycles. The molecule has 0 aromatic heterocycles. The Morgan fingerprint density at radius 1 is 0.966 bits per heavy atom. The Hall–Kier alpha value is -3.53. The highest BCUT2D eigenvalue weighted by atomic mass is 16.5. The highest BCUT2D eigenvalue weighted by Gasteiger charge is 2.07. The van der Waals surface area contributed by atoms with E-state index >= 15 is 0 Å². The number of rotatable bonds is 7. The summed E-state index contributed by atoms with van der Waals surface area (Å²) in [7, 11) is 1.60. The minimum Gasteiger partial charge on any atom is -0.493 e. The van der Waals surface area contributed by atoms with Gasteiger partial charge in [0.05, 0.1) is 7.11 Å². The molecule has 0 spiro atoms. The average molecular weight is 387 g/mol. The molecule has 0 heterocycles. The maximum atomic E-state index is 12.1. The predicted octanol–water partition coefficient (Wildman–Crippen LogP) is 5.54. The highest BCUT2D eigenvalue weighted by Crippen LogP contribution is 2.29. The van der Waals surface area contributed by atoms with E-state index in [-0.39, 0.29) is 5.91 Å². The maximum absolute atomic E-state index is 12.1.